The van der Waals surface area contributed by atoms with E-state index < -0.39 is 10.0 Å². The van der Waals surface area contributed by atoms with Crippen LogP contribution in [-0.4, -0.2) is 14.6 Å². The molecule has 0 saturated heterocycles. The summed E-state index contributed by atoms with van der Waals surface area (Å²) in [5.41, 5.74) is 0.591. The fourth-order valence-corrected chi connectivity index (χ4v) is 2.42. The molecule has 0 bridgehead atoms. The van der Waals surface area contributed by atoms with E-state index >= 15 is 0 Å². The van der Waals surface area contributed by atoms with Crippen molar-refractivity contribution < 1.29 is 8.42 Å². The summed E-state index contributed by atoms with van der Waals surface area (Å²) in [6.45, 7) is 0. The number of rotatable bonds is 0. The average molecular weight is 261 g/mol. The zero-order valence-corrected chi connectivity index (χ0v) is 8.76. The van der Waals surface area contributed by atoms with Crippen LogP contribution in [0.3, 0.4) is 0 Å². The van der Waals surface area contributed by atoms with Gasteiger partial charge in [-0.05, 0) is 18.2 Å². The summed E-state index contributed by atoms with van der Waals surface area (Å²) in [7, 11) is -3.43. The fourth-order valence-electron chi connectivity index (χ4n) is 1.08. The number of nitrogens with one attached hydrogen (secondary N) is 1. The van der Waals surface area contributed by atoms with Crippen LogP contribution in [0.1, 0.15) is 5.56 Å². The van der Waals surface area contributed by atoms with Crippen molar-refractivity contribution in [3.8, 4) is 0 Å². The summed E-state index contributed by atoms with van der Waals surface area (Å²) in [4.78, 5) is 2.32. The number of benzene rings is 1. The van der Waals surface area contributed by atoms with E-state index in [9.17, 15) is 8.42 Å². The highest BCUT2D eigenvalue weighted by molar-refractivity contribution is 9.10. The highest BCUT2D eigenvalue weighted by Crippen LogP contribution is 2.21. The molecule has 4 nitrogen and oxygen atoms in total. The topological polar surface area (TPSA) is 58.5 Å². The summed E-state index contributed by atoms with van der Waals surface area (Å²) < 4.78 is 23.5. The van der Waals surface area contributed by atoms with Gasteiger partial charge in [0.15, 0.2) is 0 Å². The van der Waals surface area contributed by atoms with Gasteiger partial charge in [-0.2, -0.15) is 13.5 Å². The average Bonchev–Trinajstić information content (AvgIpc) is 2.02. The zero-order chi connectivity index (χ0) is 9.47. The first-order chi connectivity index (χ1) is 6.09. The van der Waals surface area contributed by atoms with Gasteiger partial charge in [-0.25, -0.2) is 4.83 Å². The molecule has 0 amide bonds. The lowest BCUT2D eigenvalue weighted by Gasteiger charge is -2.11. The normalized spacial score (nSPS) is 17.6. The molecule has 1 aliphatic heterocycles. The third-order valence-corrected chi connectivity index (χ3v) is 3.43. The first kappa shape index (κ1) is 8.71. The smallest absolute Gasteiger partial charge is 0.200 e. The maximum Gasteiger partial charge on any atom is 0.277 e. The quantitative estimate of drug-likeness (QED) is 0.759. The maximum absolute atomic E-state index is 11.3. The fraction of sp³-hybridized carbons (Fsp3) is 0. The molecular formula is C7H5BrN2O2S. The molecule has 0 radical (unpaired) electrons. The highest BCUT2D eigenvalue weighted by Gasteiger charge is 2.19. The van der Waals surface area contributed by atoms with Crippen LogP contribution in [0.4, 0.5) is 0 Å². The Kier molecular flexibility index (Phi) is 1.88. The molecule has 2 rings (SSSR count). The zero-order valence-electron chi connectivity index (χ0n) is 6.36. The summed E-state index contributed by atoms with van der Waals surface area (Å²) in [6.07, 6.45) is 1.47. The van der Waals surface area contributed by atoms with Crippen LogP contribution in [0.5, 0.6) is 0 Å². The van der Waals surface area contributed by atoms with Crippen LogP contribution in [0.15, 0.2) is 32.7 Å². The van der Waals surface area contributed by atoms with Crippen molar-refractivity contribution in [3.63, 3.8) is 0 Å². The van der Waals surface area contributed by atoms with Crippen LogP contribution in [0.2, 0.25) is 0 Å². The highest BCUT2D eigenvalue weighted by atomic mass is 79.9. The van der Waals surface area contributed by atoms with Crippen LogP contribution in [-0.2, 0) is 10.0 Å². The van der Waals surface area contributed by atoms with Gasteiger partial charge in [-0.1, -0.05) is 15.9 Å². The lowest BCUT2D eigenvalue weighted by molar-refractivity contribution is 0.583. The van der Waals surface area contributed by atoms with Crippen LogP contribution >= 0.6 is 15.9 Å². The minimum absolute atomic E-state index is 0.255. The van der Waals surface area contributed by atoms with Crippen molar-refractivity contribution in [1.82, 2.24) is 4.83 Å². The standard InChI is InChI=1S/C7H5BrN2O2S/c8-6-1-2-7-5(3-6)4-9-10-13(7,11)12/h1-4,10H. The monoisotopic (exact) mass is 260 g/mol. The van der Waals surface area contributed by atoms with E-state index in [1.807, 2.05) is 0 Å². The third kappa shape index (κ3) is 1.47. The second kappa shape index (κ2) is 2.81. The first-order valence-electron chi connectivity index (χ1n) is 3.44. The van der Waals surface area contributed by atoms with Gasteiger partial charge in [-0.15, -0.1) is 0 Å². The Morgan fingerprint density at radius 3 is 2.92 bits per heavy atom. The molecular weight excluding hydrogens is 256 g/mol. The predicted octanol–water partition coefficient (Wildman–Crippen LogP) is 1.07. The number of sulfonamides is 1. The number of hydrogen-bond acceptors (Lipinski definition) is 3. The molecule has 0 atom stereocenters. The molecule has 1 heterocycles. The SMILES string of the molecule is O=S1(=O)NN=Cc2cc(Br)ccc21. The molecule has 1 aromatic carbocycles. The molecule has 0 aliphatic carbocycles. The minimum atomic E-state index is -3.43. The van der Waals surface area contributed by atoms with Gasteiger partial charge in [0.05, 0.1) is 11.1 Å². The Hall–Kier alpha value is -0.880. The van der Waals surface area contributed by atoms with Gasteiger partial charge in [0.1, 0.15) is 0 Å². The number of nitrogens with zero attached hydrogens (tertiary/aromatic N) is 1. The van der Waals surface area contributed by atoms with Gasteiger partial charge < -0.3 is 0 Å². The predicted molar refractivity (Wildman–Crippen MR) is 52.1 cm³/mol. The van der Waals surface area contributed by atoms with Gasteiger partial charge in [0.25, 0.3) is 10.0 Å². The van der Waals surface area contributed by atoms with Crippen molar-refractivity contribution in [2.45, 2.75) is 4.90 Å². The second-order valence-electron chi connectivity index (χ2n) is 2.54. The second-order valence-corrected chi connectivity index (χ2v) is 5.08. The van der Waals surface area contributed by atoms with Crippen molar-refractivity contribution in [2.24, 2.45) is 5.10 Å². The molecule has 68 valence electrons. The largest absolute Gasteiger partial charge is 0.277 e. The summed E-state index contributed by atoms with van der Waals surface area (Å²) >= 11 is 3.25. The van der Waals surface area contributed by atoms with Crippen molar-refractivity contribution in [2.75, 3.05) is 0 Å². The summed E-state index contributed by atoms with van der Waals surface area (Å²) in [5.74, 6) is 0. The Labute approximate surface area is 83.8 Å². The maximum atomic E-state index is 11.3. The number of hydrogen-bond donors (Lipinski definition) is 1. The Bertz CT molecular complexity index is 481. The Morgan fingerprint density at radius 1 is 1.38 bits per heavy atom. The van der Waals surface area contributed by atoms with E-state index in [2.05, 4.69) is 25.9 Å². The molecule has 13 heavy (non-hydrogen) atoms. The molecule has 0 unspecified atom stereocenters. The number of halogens is 1. The molecule has 1 aromatic rings. The van der Waals surface area contributed by atoms with Gasteiger partial charge in [0, 0.05) is 10.0 Å². The molecule has 1 aliphatic rings. The van der Waals surface area contributed by atoms with Gasteiger partial charge >= 0.3 is 0 Å². The van der Waals surface area contributed by atoms with Crippen LogP contribution < -0.4 is 4.83 Å². The summed E-state index contributed by atoms with van der Waals surface area (Å²) in [6, 6.07) is 4.92. The molecule has 0 fully saturated rings. The van der Waals surface area contributed by atoms with Crippen LogP contribution in [0, 0.1) is 0 Å². The third-order valence-electron chi connectivity index (χ3n) is 1.64. The Morgan fingerprint density at radius 2 is 2.15 bits per heavy atom. The molecule has 6 heteroatoms. The van der Waals surface area contributed by atoms with E-state index in [4.69, 9.17) is 0 Å². The lowest BCUT2D eigenvalue weighted by atomic mass is 10.2. The van der Waals surface area contributed by atoms with Crippen molar-refractivity contribution >= 4 is 32.2 Å². The summed E-state index contributed by atoms with van der Waals surface area (Å²) in [5, 5.41) is 3.53. The van der Waals surface area contributed by atoms with Gasteiger partial charge in [0.2, 0.25) is 0 Å². The van der Waals surface area contributed by atoms with E-state index in [0.29, 0.717) is 5.56 Å². The van der Waals surface area contributed by atoms with E-state index in [1.54, 1.807) is 12.1 Å². The van der Waals surface area contributed by atoms with E-state index in [0.717, 1.165) is 4.47 Å². The van der Waals surface area contributed by atoms with Crippen LogP contribution in [0.25, 0.3) is 0 Å². The minimum Gasteiger partial charge on any atom is -0.200 e. The molecule has 0 spiro atoms. The lowest BCUT2D eigenvalue weighted by Crippen LogP contribution is -2.23. The van der Waals surface area contributed by atoms with E-state index in [1.165, 1.54) is 12.3 Å². The van der Waals surface area contributed by atoms with Gasteiger partial charge in [-0.3, -0.25) is 0 Å². The van der Waals surface area contributed by atoms with Crippen molar-refractivity contribution in [1.29, 1.82) is 0 Å². The molecule has 0 aromatic heterocycles. The first-order valence-corrected chi connectivity index (χ1v) is 5.72. The molecule has 1 N–H and O–H groups in total. The number of hydrazone groups is 1. The Balaban J connectivity index is 2.75. The number of fused-ring (bicyclic) bond motifs is 1. The van der Waals surface area contributed by atoms with E-state index in [-0.39, 0.29) is 4.90 Å². The molecule has 0 saturated carbocycles. The van der Waals surface area contributed by atoms with Crippen molar-refractivity contribution in [3.05, 3.63) is 28.2 Å².